The molecule has 0 aromatic heterocycles. The van der Waals surface area contributed by atoms with Crippen molar-refractivity contribution in [2.75, 3.05) is 42.6 Å². The lowest BCUT2D eigenvalue weighted by Crippen LogP contribution is -2.47. The minimum atomic E-state index is -3.06. The molecule has 2 aliphatic rings. The molecule has 2 atom stereocenters. The van der Waals surface area contributed by atoms with Crippen molar-refractivity contribution < 1.29 is 17.9 Å². The van der Waals surface area contributed by atoms with Gasteiger partial charge < -0.3 is 14.5 Å². The second kappa shape index (κ2) is 7.32. The van der Waals surface area contributed by atoms with Gasteiger partial charge in [0.05, 0.1) is 35.0 Å². The van der Waals surface area contributed by atoms with Gasteiger partial charge in [-0.2, -0.15) is 0 Å². The number of morpholine rings is 1. The number of sulfone groups is 1. The topological polar surface area (TPSA) is 96.4 Å². The largest absolute Gasteiger partial charge is 0.372 e. The molecule has 0 bridgehead atoms. The second-order valence-corrected chi connectivity index (χ2v) is 9.20. The number of ether oxygens (including phenoxy) is 1. The van der Waals surface area contributed by atoms with Crippen LogP contribution >= 0.6 is 0 Å². The quantitative estimate of drug-likeness (QED) is 0.738. The molecule has 3 rings (SSSR count). The summed E-state index contributed by atoms with van der Waals surface area (Å²) >= 11 is 0. The summed E-state index contributed by atoms with van der Waals surface area (Å²) in [6.07, 6.45) is -0.00986. The van der Waals surface area contributed by atoms with Gasteiger partial charge in [-0.25, -0.2) is 8.42 Å². The van der Waals surface area contributed by atoms with Crippen molar-refractivity contribution in [2.45, 2.75) is 26.1 Å². The van der Waals surface area contributed by atoms with Crippen molar-refractivity contribution >= 4 is 27.1 Å². The number of nitrogens with zero attached hydrogens (tertiary/aromatic N) is 3. The van der Waals surface area contributed by atoms with Crippen LogP contribution < -0.4 is 4.90 Å². The average Bonchev–Trinajstić information content (AvgIpc) is 2.60. The van der Waals surface area contributed by atoms with E-state index in [0.717, 1.165) is 0 Å². The Kier molecular flexibility index (Phi) is 5.29. The van der Waals surface area contributed by atoms with E-state index in [4.69, 9.17) is 4.74 Å². The second-order valence-electron chi connectivity index (χ2n) is 6.90. The van der Waals surface area contributed by atoms with Crippen molar-refractivity contribution in [3.05, 3.63) is 28.7 Å². The summed E-state index contributed by atoms with van der Waals surface area (Å²) in [5, 5.41) is 2.98. The third kappa shape index (κ3) is 4.04. The first-order valence-corrected chi connectivity index (χ1v) is 10.5. The van der Waals surface area contributed by atoms with E-state index in [2.05, 4.69) is 5.18 Å². The first-order chi connectivity index (χ1) is 12.3. The Morgan fingerprint density at radius 1 is 1.15 bits per heavy atom. The Morgan fingerprint density at radius 3 is 2.35 bits per heavy atom. The number of amides is 1. The highest BCUT2D eigenvalue weighted by Gasteiger charge is 2.30. The highest BCUT2D eigenvalue weighted by atomic mass is 32.2. The highest BCUT2D eigenvalue weighted by molar-refractivity contribution is 7.91. The normalized spacial score (nSPS) is 25.8. The Balaban J connectivity index is 1.91. The molecule has 2 unspecified atom stereocenters. The molecule has 26 heavy (non-hydrogen) atoms. The van der Waals surface area contributed by atoms with E-state index in [1.54, 1.807) is 17.0 Å². The summed E-state index contributed by atoms with van der Waals surface area (Å²) in [6, 6.07) is 4.73. The maximum absolute atomic E-state index is 13.0. The molecule has 1 aromatic carbocycles. The van der Waals surface area contributed by atoms with Gasteiger partial charge in [0.25, 0.3) is 5.91 Å². The van der Waals surface area contributed by atoms with Crippen LogP contribution in [0.3, 0.4) is 0 Å². The third-order valence-corrected chi connectivity index (χ3v) is 6.32. The zero-order valence-corrected chi connectivity index (χ0v) is 15.7. The van der Waals surface area contributed by atoms with Crippen LogP contribution in [0.15, 0.2) is 23.4 Å². The van der Waals surface area contributed by atoms with Crippen LogP contribution in [0.25, 0.3) is 0 Å². The van der Waals surface area contributed by atoms with Crippen molar-refractivity contribution in [1.82, 2.24) is 4.90 Å². The Morgan fingerprint density at radius 2 is 1.77 bits per heavy atom. The summed E-state index contributed by atoms with van der Waals surface area (Å²) in [5.41, 5.74) is 1.35. The van der Waals surface area contributed by atoms with E-state index < -0.39 is 9.84 Å². The maximum atomic E-state index is 13.0. The lowest BCUT2D eigenvalue weighted by molar-refractivity contribution is -0.00529. The fourth-order valence-corrected chi connectivity index (χ4v) is 4.68. The van der Waals surface area contributed by atoms with Crippen LogP contribution in [0.4, 0.5) is 11.4 Å². The SMILES string of the molecule is CC1CN(c2cc(N=O)ccc2C(=O)N2CCS(=O)(=O)CC2)CC(C)O1. The molecule has 0 N–H and O–H groups in total. The zero-order chi connectivity index (χ0) is 18.9. The van der Waals surface area contributed by atoms with Gasteiger partial charge in [-0.3, -0.25) is 4.79 Å². The number of nitroso groups, excluding NO2 is 1. The summed E-state index contributed by atoms with van der Waals surface area (Å²) < 4.78 is 29.0. The van der Waals surface area contributed by atoms with Crippen molar-refractivity contribution in [3.63, 3.8) is 0 Å². The molecule has 0 radical (unpaired) electrons. The molecule has 2 heterocycles. The van der Waals surface area contributed by atoms with E-state index >= 15 is 0 Å². The Hall–Kier alpha value is -2.00. The molecule has 1 aromatic rings. The lowest BCUT2D eigenvalue weighted by atomic mass is 10.1. The van der Waals surface area contributed by atoms with Gasteiger partial charge in [0.2, 0.25) is 0 Å². The van der Waals surface area contributed by atoms with E-state index in [1.165, 1.54) is 6.07 Å². The number of carbonyl (C=O) groups excluding carboxylic acids is 1. The predicted octanol–water partition coefficient (Wildman–Crippen LogP) is 1.57. The molecule has 9 heteroatoms. The molecule has 0 spiro atoms. The van der Waals surface area contributed by atoms with Crippen molar-refractivity contribution in [2.24, 2.45) is 5.18 Å². The fraction of sp³-hybridized carbons (Fsp3) is 0.588. The van der Waals surface area contributed by atoms with Gasteiger partial charge in [-0.05, 0) is 37.2 Å². The first-order valence-electron chi connectivity index (χ1n) is 8.66. The zero-order valence-electron chi connectivity index (χ0n) is 14.9. The third-order valence-electron chi connectivity index (χ3n) is 4.71. The highest BCUT2D eigenvalue weighted by Crippen LogP contribution is 2.30. The van der Waals surface area contributed by atoms with Gasteiger partial charge in [0, 0.05) is 26.2 Å². The molecule has 2 aliphatic heterocycles. The molecule has 0 aliphatic carbocycles. The number of anilines is 1. The molecular formula is C17H23N3O5S. The predicted molar refractivity (Wildman–Crippen MR) is 98.7 cm³/mol. The molecule has 8 nitrogen and oxygen atoms in total. The van der Waals surface area contributed by atoms with E-state index in [-0.39, 0.29) is 48.4 Å². The van der Waals surface area contributed by atoms with Gasteiger partial charge in [-0.15, -0.1) is 4.91 Å². The number of rotatable bonds is 3. The fourth-order valence-electron chi connectivity index (χ4n) is 3.48. The molecular weight excluding hydrogens is 358 g/mol. The number of benzene rings is 1. The van der Waals surface area contributed by atoms with Gasteiger partial charge in [-0.1, -0.05) is 0 Å². The summed E-state index contributed by atoms with van der Waals surface area (Å²) in [5.74, 6) is -0.263. The minimum Gasteiger partial charge on any atom is -0.372 e. The number of carbonyl (C=O) groups is 1. The van der Waals surface area contributed by atoms with E-state index in [1.807, 2.05) is 18.7 Å². The van der Waals surface area contributed by atoms with E-state index in [0.29, 0.717) is 24.3 Å². The van der Waals surface area contributed by atoms with Crippen LogP contribution in [-0.4, -0.2) is 69.1 Å². The molecule has 2 fully saturated rings. The van der Waals surface area contributed by atoms with E-state index in [9.17, 15) is 18.1 Å². The van der Waals surface area contributed by atoms with Crippen LogP contribution in [0.2, 0.25) is 0 Å². The monoisotopic (exact) mass is 381 g/mol. The molecule has 0 saturated carbocycles. The van der Waals surface area contributed by atoms with Crippen LogP contribution in [0, 0.1) is 4.91 Å². The van der Waals surface area contributed by atoms with Crippen LogP contribution in [0.1, 0.15) is 24.2 Å². The average molecular weight is 381 g/mol. The van der Waals surface area contributed by atoms with Crippen molar-refractivity contribution in [1.29, 1.82) is 0 Å². The summed E-state index contributed by atoms with van der Waals surface area (Å²) in [7, 11) is -3.06. The van der Waals surface area contributed by atoms with Crippen LogP contribution in [0.5, 0.6) is 0 Å². The van der Waals surface area contributed by atoms with Crippen LogP contribution in [-0.2, 0) is 14.6 Å². The maximum Gasteiger partial charge on any atom is 0.256 e. The lowest BCUT2D eigenvalue weighted by Gasteiger charge is -2.38. The molecule has 1 amide bonds. The van der Waals surface area contributed by atoms with Gasteiger partial charge in [0.15, 0.2) is 9.84 Å². The number of hydrogen-bond acceptors (Lipinski definition) is 7. The van der Waals surface area contributed by atoms with Gasteiger partial charge >= 0.3 is 0 Å². The summed E-state index contributed by atoms with van der Waals surface area (Å²) in [4.78, 5) is 27.6. The summed E-state index contributed by atoms with van der Waals surface area (Å²) in [6.45, 7) is 5.49. The minimum absolute atomic E-state index is 0.00493. The van der Waals surface area contributed by atoms with Crippen molar-refractivity contribution in [3.8, 4) is 0 Å². The Labute approximate surface area is 153 Å². The Bertz CT molecular complexity index is 787. The van der Waals surface area contributed by atoms with Gasteiger partial charge in [0.1, 0.15) is 5.69 Å². The first kappa shape index (κ1) is 18.8. The molecule has 2 saturated heterocycles. The standard InChI is InChI=1S/C17H23N3O5S/c1-12-10-20(11-13(2)25-12)16-9-14(18-22)3-4-15(16)17(21)19-5-7-26(23,24)8-6-19/h3-4,9,12-13H,5-8,10-11H2,1-2H3. The smallest absolute Gasteiger partial charge is 0.256 e. The molecule has 142 valence electrons. The number of hydrogen-bond donors (Lipinski definition) is 0.